The molecule has 20 heavy (non-hydrogen) atoms. The summed E-state index contributed by atoms with van der Waals surface area (Å²) in [6, 6.07) is 4.70. The number of hydrogen-bond acceptors (Lipinski definition) is 4. The molecule has 0 saturated heterocycles. The number of pyridine rings is 1. The van der Waals surface area contributed by atoms with E-state index in [0.29, 0.717) is 11.8 Å². The molecule has 1 aromatic heterocycles. The highest BCUT2D eigenvalue weighted by molar-refractivity contribution is 7.89. The molecular weight excluding hydrogens is 274 g/mol. The second-order valence-corrected chi connectivity index (χ2v) is 7.04. The summed E-state index contributed by atoms with van der Waals surface area (Å²) in [5.74, 6) is 0.933. The molecule has 1 heterocycles. The van der Waals surface area contributed by atoms with Gasteiger partial charge in [0.1, 0.15) is 16.7 Å². The Morgan fingerprint density at radius 2 is 2.20 bits per heavy atom. The molecule has 0 radical (unpaired) electrons. The van der Waals surface area contributed by atoms with Gasteiger partial charge in [-0.2, -0.15) is 5.26 Å². The fourth-order valence-electron chi connectivity index (χ4n) is 2.86. The molecule has 3 unspecified atom stereocenters. The number of hydrogen-bond donors (Lipinski definition) is 1. The predicted molar refractivity (Wildman–Crippen MR) is 75.2 cm³/mol. The summed E-state index contributed by atoms with van der Waals surface area (Å²) in [5, 5.41) is 8.67. The Hall–Kier alpha value is -1.45. The smallest absolute Gasteiger partial charge is 0.242 e. The van der Waals surface area contributed by atoms with E-state index < -0.39 is 10.0 Å². The van der Waals surface area contributed by atoms with Crippen molar-refractivity contribution in [2.45, 2.75) is 44.0 Å². The van der Waals surface area contributed by atoms with Gasteiger partial charge in [0.25, 0.3) is 0 Å². The minimum absolute atomic E-state index is 0.0133. The van der Waals surface area contributed by atoms with E-state index in [4.69, 9.17) is 5.26 Å². The Labute approximate surface area is 120 Å². The van der Waals surface area contributed by atoms with Crippen LogP contribution >= 0.6 is 0 Å². The summed E-state index contributed by atoms with van der Waals surface area (Å²) < 4.78 is 27.4. The van der Waals surface area contributed by atoms with Crippen molar-refractivity contribution in [1.82, 2.24) is 9.71 Å². The molecule has 5 nitrogen and oxygen atoms in total. The van der Waals surface area contributed by atoms with Crippen LogP contribution in [0.4, 0.5) is 0 Å². The lowest BCUT2D eigenvalue weighted by atomic mass is 9.94. The predicted octanol–water partition coefficient (Wildman–Crippen LogP) is 2.06. The first-order valence-corrected chi connectivity index (χ1v) is 8.34. The van der Waals surface area contributed by atoms with Gasteiger partial charge < -0.3 is 0 Å². The molecule has 1 fully saturated rings. The standard InChI is InChI=1S/C14H19N3O2S/c1-3-11-4-7-14(10(11)2)17-20(18,19)13-6-5-12(8-15)16-9-13/h5-6,9-11,14,17H,3-4,7H2,1-2H3. The summed E-state index contributed by atoms with van der Waals surface area (Å²) in [6.07, 6.45) is 4.26. The Morgan fingerprint density at radius 3 is 2.70 bits per heavy atom. The molecule has 1 N–H and O–H groups in total. The summed E-state index contributed by atoms with van der Waals surface area (Å²) in [4.78, 5) is 3.92. The van der Waals surface area contributed by atoms with Crippen molar-refractivity contribution in [1.29, 1.82) is 5.26 Å². The highest BCUT2D eigenvalue weighted by Crippen LogP contribution is 2.34. The SMILES string of the molecule is CCC1CCC(NS(=O)(=O)c2ccc(C#N)nc2)C1C. The third kappa shape index (κ3) is 3.00. The van der Waals surface area contributed by atoms with E-state index in [-0.39, 0.29) is 16.6 Å². The molecule has 1 aromatic rings. The highest BCUT2D eigenvalue weighted by atomic mass is 32.2. The summed E-state index contributed by atoms with van der Waals surface area (Å²) >= 11 is 0. The normalized spacial score (nSPS) is 26.4. The van der Waals surface area contributed by atoms with E-state index in [9.17, 15) is 8.42 Å². The summed E-state index contributed by atoms with van der Waals surface area (Å²) in [6.45, 7) is 4.24. The lowest BCUT2D eigenvalue weighted by Crippen LogP contribution is -2.37. The molecule has 0 bridgehead atoms. The summed E-state index contributed by atoms with van der Waals surface area (Å²) in [7, 11) is -3.56. The largest absolute Gasteiger partial charge is 0.244 e. The molecule has 3 atom stereocenters. The second-order valence-electron chi connectivity index (χ2n) is 5.32. The maximum Gasteiger partial charge on any atom is 0.242 e. The van der Waals surface area contributed by atoms with Crippen LogP contribution in [-0.4, -0.2) is 19.4 Å². The van der Waals surface area contributed by atoms with Gasteiger partial charge in [-0.15, -0.1) is 0 Å². The van der Waals surface area contributed by atoms with Gasteiger partial charge in [-0.05, 0) is 36.8 Å². The molecular formula is C14H19N3O2S. The van der Waals surface area contributed by atoms with E-state index >= 15 is 0 Å². The third-order valence-corrected chi connectivity index (χ3v) is 5.69. The average Bonchev–Trinajstić information content (AvgIpc) is 2.79. The quantitative estimate of drug-likeness (QED) is 0.921. The minimum atomic E-state index is -3.56. The topological polar surface area (TPSA) is 82.9 Å². The lowest BCUT2D eigenvalue weighted by molar-refractivity contribution is 0.368. The van der Waals surface area contributed by atoms with Crippen LogP contribution in [-0.2, 0) is 10.0 Å². The van der Waals surface area contributed by atoms with E-state index in [1.54, 1.807) is 0 Å². The number of rotatable bonds is 4. The van der Waals surface area contributed by atoms with Crippen molar-refractivity contribution in [2.75, 3.05) is 0 Å². The summed E-state index contributed by atoms with van der Waals surface area (Å²) in [5.41, 5.74) is 0.212. The fourth-order valence-corrected chi connectivity index (χ4v) is 4.17. The number of sulfonamides is 1. The zero-order chi connectivity index (χ0) is 14.8. The first-order valence-electron chi connectivity index (χ1n) is 6.86. The van der Waals surface area contributed by atoms with Crippen molar-refractivity contribution < 1.29 is 8.42 Å². The van der Waals surface area contributed by atoms with E-state index in [0.717, 1.165) is 19.3 Å². The van der Waals surface area contributed by atoms with Gasteiger partial charge in [-0.1, -0.05) is 20.3 Å². The van der Waals surface area contributed by atoms with Gasteiger partial charge >= 0.3 is 0 Å². The minimum Gasteiger partial charge on any atom is -0.244 e. The van der Waals surface area contributed by atoms with Gasteiger partial charge in [0.05, 0.1) is 0 Å². The number of nitriles is 1. The highest BCUT2D eigenvalue weighted by Gasteiger charge is 2.34. The van der Waals surface area contributed by atoms with Crippen molar-refractivity contribution in [3.05, 3.63) is 24.0 Å². The Kier molecular flexibility index (Phi) is 4.41. The lowest BCUT2D eigenvalue weighted by Gasteiger charge is -2.20. The number of nitrogens with one attached hydrogen (secondary N) is 1. The van der Waals surface area contributed by atoms with E-state index in [1.807, 2.05) is 6.07 Å². The molecule has 1 aliphatic rings. The Balaban J connectivity index is 2.13. The molecule has 0 amide bonds. The monoisotopic (exact) mass is 293 g/mol. The van der Waals surface area contributed by atoms with Crippen LogP contribution in [0.15, 0.2) is 23.2 Å². The van der Waals surface area contributed by atoms with Gasteiger partial charge in [-0.3, -0.25) is 0 Å². The molecule has 0 spiro atoms. The third-order valence-electron chi connectivity index (χ3n) is 4.22. The Bertz CT molecular complexity index is 604. The van der Waals surface area contributed by atoms with Gasteiger partial charge in [0.2, 0.25) is 10.0 Å². The first-order chi connectivity index (χ1) is 9.47. The van der Waals surface area contributed by atoms with E-state index in [2.05, 4.69) is 23.6 Å². The van der Waals surface area contributed by atoms with Crippen LogP contribution in [0.5, 0.6) is 0 Å². The molecule has 2 rings (SSSR count). The van der Waals surface area contributed by atoms with Gasteiger partial charge in [0.15, 0.2) is 0 Å². The van der Waals surface area contributed by atoms with Crippen LogP contribution < -0.4 is 4.72 Å². The zero-order valence-corrected chi connectivity index (χ0v) is 12.5. The van der Waals surface area contributed by atoms with Crippen molar-refractivity contribution >= 4 is 10.0 Å². The molecule has 0 aliphatic heterocycles. The molecule has 108 valence electrons. The van der Waals surface area contributed by atoms with E-state index in [1.165, 1.54) is 18.3 Å². The van der Waals surface area contributed by atoms with Gasteiger partial charge in [0, 0.05) is 12.2 Å². The van der Waals surface area contributed by atoms with Crippen LogP contribution in [0.25, 0.3) is 0 Å². The van der Waals surface area contributed by atoms with Crippen LogP contribution in [0.1, 0.15) is 38.8 Å². The molecule has 6 heteroatoms. The van der Waals surface area contributed by atoms with Crippen molar-refractivity contribution in [3.8, 4) is 6.07 Å². The van der Waals surface area contributed by atoms with Crippen LogP contribution in [0.2, 0.25) is 0 Å². The number of aromatic nitrogens is 1. The molecule has 1 aliphatic carbocycles. The van der Waals surface area contributed by atoms with Gasteiger partial charge in [-0.25, -0.2) is 18.1 Å². The maximum absolute atomic E-state index is 12.3. The average molecular weight is 293 g/mol. The molecule has 0 aromatic carbocycles. The molecule has 1 saturated carbocycles. The fraction of sp³-hybridized carbons (Fsp3) is 0.571. The van der Waals surface area contributed by atoms with Crippen molar-refractivity contribution in [3.63, 3.8) is 0 Å². The first kappa shape index (κ1) is 14.9. The Morgan fingerprint density at radius 1 is 1.45 bits per heavy atom. The van der Waals surface area contributed by atoms with Crippen LogP contribution in [0, 0.1) is 23.2 Å². The second kappa shape index (κ2) is 5.90. The van der Waals surface area contributed by atoms with Crippen LogP contribution in [0.3, 0.4) is 0 Å². The van der Waals surface area contributed by atoms with Crippen molar-refractivity contribution in [2.24, 2.45) is 11.8 Å². The zero-order valence-electron chi connectivity index (χ0n) is 11.7. The number of nitrogens with zero attached hydrogens (tertiary/aromatic N) is 2. The maximum atomic E-state index is 12.3.